The van der Waals surface area contributed by atoms with Crippen molar-refractivity contribution in [2.24, 2.45) is 18.9 Å². The topological polar surface area (TPSA) is 43.3 Å². The lowest BCUT2D eigenvalue weighted by atomic mass is 9.75. The molecule has 4 nitrogen and oxygen atoms in total. The normalized spacial score (nSPS) is 21.7. The van der Waals surface area contributed by atoms with Crippen LogP contribution in [0, 0.1) is 11.8 Å². The van der Waals surface area contributed by atoms with Gasteiger partial charge in [-0.3, -0.25) is 4.79 Å². The predicted octanol–water partition coefficient (Wildman–Crippen LogP) is 3.07. The number of hydrogen-bond donors (Lipinski definition) is 1. The van der Waals surface area contributed by atoms with E-state index < -0.39 is 0 Å². The Kier molecular flexibility index (Phi) is 4.09. The first-order chi connectivity index (χ1) is 11.7. The Balaban J connectivity index is 1.72. The Morgan fingerprint density at radius 1 is 1.21 bits per heavy atom. The van der Waals surface area contributed by atoms with E-state index in [0.29, 0.717) is 0 Å². The number of rotatable bonds is 2. The van der Waals surface area contributed by atoms with Gasteiger partial charge in [0.05, 0.1) is 0 Å². The Hall–Kier alpha value is -1.81. The molecule has 0 saturated carbocycles. The maximum absolute atomic E-state index is 12.0. The third kappa shape index (κ3) is 2.53. The van der Waals surface area contributed by atoms with Crippen LogP contribution in [0.5, 0.6) is 0 Å². The minimum atomic E-state index is -0.00806. The molecule has 1 atom stereocenters. The van der Waals surface area contributed by atoms with Gasteiger partial charge >= 0.3 is 0 Å². The van der Waals surface area contributed by atoms with Crippen molar-refractivity contribution in [3.05, 3.63) is 35.0 Å². The van der Waals surface area contributed by atoms with Crippen molar-refractivity contribution in [2.75, 3.05) is 20.3 Å². The minimum absolute atomic E-state index is 0.00806. The van der Waals surface area contributed by atoms with Gasteiger partial charge < -0.3 is 14.6 Å². The highest BCUT2D eigenvalue weighted by Crippen LogP contribution is 2.39. The van der Waals surface area contributed by atoms with Gasteiger partial charge in [-0.05, 0) is 67.7 Å². The van der Waals surface area contributed by atoms with Crippen LogP contribution < -0.4 is 5.32 Å². The van der Waals surface area contributed by atoms with Gasteiger partial charge in [0.2, 0.25) is 0 Å². The molecular weight excluding hydrogens is 300 g/mol. The molecule has 2 aliphatic rings. The molecule has 1 amide bonds. The summed E-state index contributed by atoms with van der Waals surface area (Å²) in [5.74, 6) is 1.55. The number of aromatic nitrogens is 1. The van der Waals surface area contributed by atoms with Gasteiger partial charge in [0.1, 0.15) is 0 Å². The maximum Gasteiger partial charge on any atom is 0.251 e. The zero-order valence-corrected chi connectivity index (χ0v) is 14.6. The van der Waals surface area contributed by atoms with Crippen LogP contribution >= 0.6 is 0 Å². The molecular formula is C20H26N2O2. The third-order valence-corrected chi connectivity index (χ3v) is 6.08. The molecule has 0 spiro atoms. The molecule has 1 fully saturated rings. The molecule has 2 aromatic rings. The zero-order valence-electron chi connectivity index (χ0n) is 14.6. The molecule has 1 aliphatic carbocycles. The average molecular weight is 326 g/mol. The number of carbonyl (C=O) groups excluding carboxylic acids is 1. The number of aryl methyl sites for hydroxylation is 1. The van der Waals surface area contributed by atoms with E-state index in [2.05, 4.69) is 29.1 Å². The molecule has 1 saturated heterocycles. The largest absolute Gasteiger partial charge is 0.381 e. The Morgan fingerprint density at radius 3 is 2.75 bits per heavy atom. The number of carbonyl (C=O) groups is 1. The average Bonchev–Trinajstić information content (AvgIpc) is 2.93. The smallest absolute Gasteiger partial charge is 0.251 e. The molecule has 4 heteroatoms. The van der Waals surface area contributed by atoms with Gasteiger partial charge in [-0.1, -0.05) is 0 Å². The number of fused-ring (bicyclic) bond motifs is 3. The lowest BCUT2D eigenvalue weighted by Crippen LogP contribution is -2.28. The van der Waals surface area contributed by atoms with Crippen LogP contribution in [0.4, 0.5) is 0 Å². The number of nitrogens with zero attached hydrogens (tertiary/aromatic N) is 1. The minimum Gasteiger partial charge on any atom is -0.381 e. The second-order valence-electron chi connectivity index (χ2n) is 7.25. The summed E-state index contributed by atoms with van der Waals surface area (Å²) in [5, 5.41) is 4.00. The summed E-state index contributed by atoms with van der Waals surface area (Å²) in [5.41, 5.74) is 4.94. The van der Waals surface area contributed by atoms with E-state index in [4.69, 9.17) is 4.74 Å². The monoisotopic (exact) mass is 326 g/mol. The molecule has 1 aromatic carbocycles. The van der Waals surface area contributed by atoms with Gasteiger partial charge in [0.25, 0.3) is 5.91 Å². The van der Waals surface area contributed by atoms with Crippen LogP contribution in [0.25, 0.3) is 10.9 Å². The highest BCUT2D eigenvalue weighted by Gasteiger charge is 2.30. The first kappa shape index (κ1) is 15.7. The molecule has 4 rings (SSSR count). The molecule has 24 heavy (non-hydrogen) atoms. The van der Waals surface area contributed by atoms with Gasteiger partial charge in [0.15, 0.2) is 0 Å². The molecule has 1 aromatic heterocycles. The van der Waals surface area contributed by atoms with E-state index in [9.17, 15) is 4.79 Å². The highest BCUT2D eigenvalue weighted by molar-refractivity contribution is 5.99. The van der Waals surface area contributed by atoms with Crippen molar-refractivity contribution in [3.63, 3.8) is 0 Å². The van der Waals surface area contributed by atoms with E-state index in [1.165, 1.54) is 41.4 Å². The SMILES string of the molecule is CNC(=O)c1ccc2c(c1)c1c(n2C)CCC(C2CCOCC2)C1. The van der Waals surface area contributed by atoms with Gasteiger partial charge in [-0.15, -0.1) is 0 Å². The third-order valence-electron chi connectivity index (χ3n) is 6.08. The van der Waals surface area contributed by atoms with Crippen LogP contribution in [0.1, 0.15) is 40.9 Å². The molecule has 128 valence electrons. The first-order valence-corrected chi connectivity index (χ1v) is 9.09. The Labute approximate surface area is 143 Å². The van der Waals surface area contributed by atoms with E-state index in [1.54, 1.807) is 7.05 Å². The van der Waals surface area contributed by atoms with Crippen molar-refractivity contribution in [1.82, 2.24) is 9.88 Å². The maximum atomic E-state index is 12.0. The van der Waals surface area contributed by atoms with Crippen LogP contribution in [-0.4, -0.2) is 30.7 Å². The summed E-state index contributed by atoms with van der Waals surface area (Å²) < 4.78 is 7.87. The summed E-state index contributed by atoms with van der Waals surface area (Å²) in [6, 6.07) is 6.11. The van der Waals surface area contributed by atoms with Gasteiger partial charge in [0, 0.05) is 49.5 Å². The number of benzene rings is 1. The quantitative estimate of drug-likeness (QED) is 0.922. The first-order valence-electron chi connectivity index (χ1n) is 9.09. The molecule has 0 radical (unpaired) electrons. The molecule has 1 N–H and O–H groups in total. The van der Waals surface area contributed by atoms with E-state index in [-0.39, 0.29) is 5.91 Å². The standard InChI is InChI=1S/C20H26N2O2/c1-21-20(23)15-4-6-19-17(12-15)16-11-14(3-5-18(16)22(19)2)13-7-9-24-10-8-13/h4,6,12-14H,3,5,7-11H2,1-2H3,(H,21,23). The number of nitrogens with one attached hydrogen (secondary N) is 1. The van der Waals surface area contributed by atoms with Crippen molar-refractivity contribution in [1.29, 1.82) is 0 Å². The fraction of sp³-hybridized carbons (Fsp3) is 0.550. The van der Waals surface area contributed by atoms with E-state index in [0.717, 1.165) is 43.5 Å². The fourth-order valence-corrected chi connectivity index (χ4v) is 4.68. The van der Waals surface area contributed by atoms with E-state index in [1.807, 2.05) is 6.07 Å². The second-order valence-corrected chi connectivity index (χ2v) is 7.25. The van der Waals surface area contributed by atoms with Crippen LogP contribution in [0.2, 0.25) is 0 Å². The molecule has 2 heterocycles. The van der Waals surface area contributed by atoms with Crippen molar-refractivity contribution in [2.45, 2.75) is 32.1 Å². The van der Waals surface area contributed by atoms with Crippen LogP contribution in [0.3, 0.4) is 0 Å². The summed E-state index contributed by atoms with van der Waals surface area (Å²) in [6.45, 7) is 1.84. The van der Waals surface area contributed by atoms with Crippen LogP contribution in [0.15, 0.2) is 18.2 Å². The summed E-state index contributed by atoms with van der Waals surface area (Å²) in [4.78, 5) is 12.0. The molecule has 0 bridgehead atoms. The lowest BCUT2D eigenvalue weighted by Gasteiger charge is -2.33. The summed E-state index contributed by atoms with van der Waals surface area (Å²) >= 11 is 0. The number of ether oxygens (including phenoxy) is 1. The van der Waals surface area contributed by atoms with Gasteiger partial charge in [-0.25, -0.2) is 0 Å². The Morgan fingerprint density at radius 2 is 2.00 bits per heavy atom. The predicted molar refractivity (Wildman–Crippen MR) is 95.4 cm³/mol. The fourth-order valence-electron chi connectivity index (χ4n) is 4.68. The van der Waals surface area contributed by atoms with Crippen molar-refractivity contribution >= 4 is 16.8 Å². The lowest BCUT2D eigenvalue weighted by molar-refractivity contribution is 0.0439. The van der Waals surface area contributed by atoms with Crippen molar-refractivity contribution < 1.29 is 9.53 Å². The zero-order chi connectivity index (χ0) is 16.7. The second kappa shape index (κ2) is 6.25. The highest BCUT2D eigenvalue weighted by atomic mass is 16.5. The van der Waals surface area contributed by atoms with Crippen LogP contribution in [-0.2, 0) is 24.6 Å². The van der Waals surface area contributed by atoms with E-state index >= 15 is 0 Å². The Bertz CT molecular complexity index is 772. The van der Waals surface area contributed by atoms with Gasteiger partial charge in [-0.2, -0.15) is 0 Å². The number of hydrogen-bond acceptors (Lipinski definition) is 2. The summed E-state index contributed by atoms with van der Waals surface area (Å²) in [6.07, 6.45) is 5.99. The van der Waals surface area contributed by atoms with Crippen molar-refractivity contribution in [3.8, 4) is 0 Å². The number of amides is 1. The summed E-state index contributed by atoms with van der Waals surface area (Å²) in [7, 11) is 3.85. The molecule has 1 unspecified atom stereocenters. The molecule has 1 aliphatic heterocycles.